The summed E-state index contributed by atoms with van der Waals surface area (Å²) in [6.07, 6.45) is 1.07. The molecule has 1 N–H and O–H groups in total. The molecule has 0 aliphatic carbocycles. The summed E-state index contributed by atoms with van der Waals surface area (Å²) in [6, 6.07) is 6.44. The lowest BCUT2D eigenvalue weighted by Crippen LogP contribution is -2.23. The van der Waals surface area contributed by atoms with Gasteiger partial charge in [-0.05, 0) is 34.2 Å². The number of nitrogens with zero attached hydrogens (tertiary/aromatic N) is 3. The molecule has 1 atom stereocenters. The number of aldehydes is 1. The molecule has 8 nitrogen and oxygen atoms in total. The molecule has 0 saturated carbocycles. The Hall–Kier alpha value is -2.26. The lowest BCUT2D eigenvalue weighted by molar-refractivity contribution is -0.389. The average Bonchev–Trinajstić information content (AvgIpc) is 2.87. The van der Waals surface area contributed by atoms with Crippen molar-refractivity contribution in [3.63, 3.8) is 0 Å². The van der Waals surface area contributed by atoms with Gasteiger partial charge in [0.15, 0.2) is 0 Å². The van der Waals surface area contributed by atoms with E-state index in [2.05, 4.69) is 20.9 Å². The van der Waals surface area contributed by atoms with Gasteiger partial charge in [-0.1, -0.05) is 0 Å². The number of rotatable bonds is 7. The topological polar surface area (TPSA) is 107 Å². The molecule has 0 saturated heterocycles. The van der Waals surface area contributed by atoms with E-state index in [1.807, 2.05) is 0 Å². The zero-order valence-electron chi connectivity index (χ0n) is 11.3. The van der Waals surface area contributed by atoms with Crippen LogP contribution in [0.25, 0.3) is 0 Å². The molecule has 0 bridgehead atoms. The standard InChI is InChI=1S/C13H12BrN3O5/c14-13-15-12(17(20)21)6-16(13)5-10(19)8-22-11-3-1-9(7-18)2-4-11/h1-4,6-7,10,19H,5,8H2. The molecule has 0 amide bonds. The van der Waals surface area contributed by atoms with Crippen LogP contribution >= 0.6 is 15.9 Å². The predicted octanol–water partition coefficient (Wildman–Crippen LogP) is 1.81. The normalized spacial score (nSPS) is 11.9. The van der Waals surface area contributed by atoms with E-state index in [0.717, 1.165) is 6.29 Å². The first kappa shape index (κ1) is 16.1. The van der Waals surface area contributed by atoms with E-state index in [-0.39, 0.29) is 23.7 Å². The van der Waals surface area contributed by atoms with Gasteiger partial charge < -0.3 is 20.0 Å². The lowest BCUT2D eigenvalue weighted by atomic mass is 10.2. The molecule has 0 spiro atoms. The number of carbonyl (C=O) groups excluding carboxylic acids is 1. The third-order valence-corrected chi connectivity index (χ3v) is 3.40. The lowest BCUT2D eigenvalue weighted by Gasteiger charge is -2.12. The summed E-state index contributed by atoms with van der Waals surface area (Å²) >= 11 is 3.09. The molecule has 1 aromatic heterocycles. The highest BCUT2D eigenvalue weighted by Crippen LogP contribution is 2.17. The van der Waals surface area contributed by atoms with Crippen LogP contribution in [0.1, 0.15) is 10.4 Å². The molecule has 2 rings (SSSR count). The highest BCUT2D eigenvalue weighted by molar-refractivity contribution is 9.10. The van der Waals surface area contributed by atoms with Crippen molar-refractivity contribution in [2.75, 3.05) is 6.61 Å². The van der Waals surface area contributed by atoms with Gasteiger partial charge in [0.1, 0.15) is 30.9 Å². The first-order valence-corrected chi connectivity index (χ1v) is 7.02. The van der Waals surface area contributed by atoms with E-state index < -0.39 is 11.0 Å². The average molecular weight is 370 g/mol. The van der Waals surface area contributed by atoms with Gasteiger partial charge in [-0.25, -0.2) is 0 Å². The van der Waals surface area contributed by atoms with Crippen molar-refractivity contribution >= 4 is 28.0 Å². The van der Waals surface area contributed by atoms with Gasteiger partial charge in [-0.2, -0.15) is 0 Å². The number of nitro groups is 1. The second kappa shape index (κ2) is 7.14. The SMILES string of the molecule is O=Cc1ccc(OCC(O)Cn2cc([N+](=O)[O-])nc2Br)cc1. The molecule has 0 fully saturated rings. The summed E-state index contributed by atoms with van der Waals surface area (Å²) < 4.78 is 7.06. The van der Waals surface area contributed by atoms with Crippen LogP contribution in [0.3, 0.4) is 0 Å². The molecule has 1 aromatic carbocycles. The molecular weight excluding hydrogens is 358 g/mol. The van der Waals surface area contributed by atoms with E-state index in [1.54, 1.807) is 24.3 Å². The van der Waals surface area contributed by atoms with Crippen molar-refractivity contribution in [2.45, 2.75) is 12.6 Å². The first-order chi connectivity index (χ1) is 10.5. The number of ether oxygens (including phenoxy) is 1. The molecule has 1 heterocycles. The minimum absolute atomic E-state index is 0.00114. The van der Waals surface area contributed by atoms with E-state index in [4.69, 9.17) is 4.74 Å². The maximum atomic E-state index is 10.6. The Morgan fingerprint density at radius 2 is 2.14 bits per heavy atom. The second-order valence-corrected chi connectivity index (χ2v) is 5.14. The van der Waals surface area contributed by atoms with Crippen molar-refractivity contribution in [3.05, 3.63) is 50.9 Å². The van der Waals surface area contributed by atoms with E-state index in [9.17, 15) is 20.0 Å². The Kier molecular flexibility index (Phi) is 5.23. The number of aliphatic hydroxyl groups is 1. The number of aliphatic hydroxyl groups excluding tert-OH is 1. The molecule has 9 heteroatoms. The third kappa shape index (κ3) is 4.12. The summed E-state index contributed by atoms with van der Waals surface area (Å²) in [5.41, 5.74) is 0.530. The van der Waals surface area contributed by atoms with Crippen LogP contribution in [0.15, 0.2) is 35.2 Å². The summed E-state index contributed by atoms with van der Waals surface area (Å²) in [5.74, 6) is 0.213. The highest BCUT2D eigenvalue weighted by Gasteiger charge is 2.18. The van der Waals surface area contributed by atoms with Crippen molar-refractivity contribution in [2.24, 2.45) is 0 Å². The highest BCUT2D eigenvalue weighted by atomic mass is 79.9. The first-order valence-electron chi connectivity index (χ1n) is 6.22. The Bertz CT molecular complexity index is 671. The molecule has 0 aliphatic rings. The van der Waals surface area contributed by atoms with Crippen LogP contribution in [0.2, 0.25) is 0 Å². The van der Waals surface area contributed by atoms with Crippen molar-refractivity contribution < 1.29 is 19.6 Å². The van der Waals surface area contributed by atoms with Crippen LogP contribution in [0.5, 0.6) is 5.75 Å². The minimum Gasteiger partial charge on any atom is -0.491 e. The van der Waals surface area contributed by atoms with Crippen molar-refractivity contribution in [1.29, 1.82) is 0 Å². The number of imidazole rings is 1. The number of benzene rings is 1. The Labute approximate surface area is 133 Å². The summed E-state index contributed by atoms with van der Waals surface area (Å²) in [6.45, 7) is 0.0900. The molecule has 1 unspecified atom stereocenters. The molecule has 116 valence electrons. The number of halogens is 1. The van der Waals surface area contributed by atoms with E-state index in [1.165, 1.54) is 10.8 Å². The molecule has 22 heavy (non-hydrogen) atoms. The molecule has 0 aliphatic heterocycles. The summed E-state index contributed by atoms with van der Waals surface area (Å²) in [4.78, 5) is 24.2. The summed E-state index contributed by atoms with van der Waals surface area (Å²) in [5, 5.41) is 20.5. The van der Waals surface area contributed by atoms with Gasteiger partial charge in [-0.3, -0.25) is 9.36 Å². The predicted molar refractivity (Wildman–Crippen MR) is 79.9 cm³/mol. The van der Waals surface area contributed by atoms with Gasteiger partial charge >= 0.3 is 5.82 Å². The number of carbonyl (C=O) groups is 1. The zero-order chi connectivity index (χ0) is 16.1. The zero-order valence-corrected chi connectivity index (χ0v) is 12.8. The van der Waals surface area contributed by atoms with E-state index in [0.29, 0.717) is 11.3 Å². The second-order valence-electron chi connectivity index (χ2n) is 4.43. The number of hydrogen-bond donors (Lipinski definition) is 1. The molecule has 2 aromatic rings. The fraction of sp³-hybridized carbons (Fsp3) is 0.231. The summed E-state index contributed by atoms with van der Waals surface area (Å²) in [7, 11) is 0. The number of aromatic nitrogens is 2. The van der Waals surface area contributed by atoms with Crippen molar-refractivity contribution in [3.8, 4) is 5.75 Å². The Morgan fingerprint density at radius 3 is 2.68 bits per heavy atom. The van der Waals surface area contributed by atoms with Crippen molar-refractivity contribution in [1.82, 2.24) is 9.55 Å². The fourth-order valence-electron chi connectivity index (χ4n) is 1.71. The monoisotopic (exact) mass is 369 g/mol. The molecular formula is C13H12BrN3O5. The van der Waals surface area contributed by atoms with Crippen LogP contribution in [0.4, 0.5) is 5.82 Å². The maximum absolute atomic E-state index is 10.6. The fourth-order valence-corrected chi connectivity index (χ4v) is 2.14. The minimum atomic E-state index is -0.879. The Morgan fingerprint density at radius 1 is 1.45 bits per heavy atom. The van der Waals surface area contributed by atoms with Gasteiger partial charge in [0.2, 0.25) is 0 Å². The van der Waals surface area contributed by atoms with Crippen LogP contribution in [0, 0.1) is 10.1 Å². The Balaban J connectivity index is 1.90. The maximum Gasteiger partial charge on any atom is 0.382 e. The van der Waals surface area contributed by atoms with Crippen LogP contribution in [-0.4, -0.2) is 38.6 Å². The van der Waals surface area contributed by atoms with Gasteiger partial charge in [0.25, 0.3) is 4.73 Å². The van der Waals surface area contributed by atoms with Crippen LogP contribution in [-0.2, 0) is 6.54 Å². The van der Waals surface area contributed by atoms with Gasteiger partial charge in [-0.15, -0.1) is 0 Å². The third-order valence-electron chi connectivity index (χ3n) is 2.77. The van der Waals surface area contributed by atoms with E-state index >= 15 is 0 Å². The largest absolute Gasteiger partial charge is 0.491 e. The number of hydrogen-bond acceptors (Lipinski definition) is 6. The quantitative estimate of drug-likeness (QED) is 0.453. The molecule has 0 radical (unpaired) electrons. The smallest absolute Gasteiger partial charge is 0.382 e. The van der Waals surface area contributed by atoms with Gasteiger partial charge in [0, 0.05) is 21.5 Å². The van der Waals surface area contributed by atoms with Crippen LogP contribution < -0.4 is 4.74 Å². The van der Waals surface area contributed by atoms with Gasteiger partial charge in [0.05, 0.1) is 6.54 Å².